The van der Waals surface area contributed by atoms with E-state index in [-0.39, 0.29) is 0 Å². The standard InChI is InChI=1S/C10H12O/c11-9-5-8-10-6-3-1-2-4-7-10/h1,3-4,6-7,9H,2,5,8H2. The molecule has 11 heavy (non-hydrogen) atoms. The van der Waals surface area contributed by atoms with Gasteiger partial charge in [-0.05, 0) is 18.4 Å². The Bertz CT molecular complexity index is 209. The van der Waals surface area contributed by atoms with Gasteiger partial charge in [0.25, 0.3) is 0 Å². The van der Waals surface area contributed by atoms with E-state index in [1.165, 1.54) is 5.57 Å². The van der Waals surface area contributed by atoms with Crippen LogP contribution in [0.2, 0.25) is 0 Å². The van der Waals surface area contributed by atoms with Crippen molar-refractivity contribution >= 4 is 6.29 Å². The first-order valence-corrected chi connectivity index (χ1v) is 3.89. The Morgan fingerprint density at radius 2 is 2.36 bits per heavy atom. The first-order valence-electron chi connectivity index (χ1n) is 3.89. The van der Waals surface area contributed by atoms with E-state index in [1.807, 2.05) is 6.08 Å². The second-order valence-corrected chi connectivity index (χ2v) is 2.51. The van der Waals surface area contributed by atoms with Gasteiger partial charge in [0.05, 0.1) is 0 Å². The van der Waals surface area contributed by atoms with Crippen molar-refractivity contribution in [3.05, 3.63) is 36.0 Å². The fourth-order valence-electron chi connectivity index (χ4n) is 1.02. The zero-order valence-corrected chi connectivity index (χ0v) is 6.49. The van der Waals surface area contributed by atoms with Crippen molar-refractivity contribution in [3.63, 3.8) is 0 Å². The van der Waals surface area contributed by atoms with E-state index >= 15 is 0 Å². The van der Waals surface area contributed by atoms with Gasteiger partial charge in [-0.25, -0.2) is 0 Å². The maximum absolute atomic E-state index is 10.1. The lowest BCUT2D eigenvalue weighted by atomic mass is 10.1. The summed E-state index contributed by atoms with van der Waals surface area (Å²) < 4.78 is 0. The van der Waals surface area contributed by atoms with Crippen LogP contribution >= 0.6 is 0 Å². The molecule has 1 aliphatic carbocycles. The Hall–Kier alpha value is -1.11. The van der Waals surface area contributed by atoms with Gasteiger partial charge < -0.3 is 4.79 Å². The van der Waals surface area contributed by atoms with E-state index in [2.05, 4.69) is 24.3 Å². The molecule has 0 N–H and O–H groups in total. The molecule has 0 saturated carbocycles. The molecule has 0 heterocycles. The minimum atomic E-state index is 0.629. The quantitative estimate of drug-likeness (QED) is 0.562. The van der Waals surface area contributed by atoms with Gasteiger partial charge in [0, 0.05) is 6.42 Å². The van der Waals surface area contributed by atoms with Crippen LogP contribution in [-0.4, -0.2) is 6.29 Å². The van der Waals surface area contributed by atoms with Crippen LogP contribution in [0.5, 0.6) is 0 Å². The molecule has 1 nitrogen and oxygen atoms in total. The number of aldehydes is 1. The van der Waals surface area contributed by atoms with Crippen LogP contribution in [0, 0.1) is 0 Å². The number of carbonyl (C=O) groups is 1. The van der Waals surface area contributed by atoms with Crippen LogP contribution in [-0.2, 0) is 4.79 Å². The minimum absolute atomic E-state index is 0.629. The third kappa shape index (κ3) is 2.99. The highest BCUT2D eigenvalue weighted by atomic mass is 16.1. The molecule has 0 aromatic heterocycles. The van der Waals surface area contributed by atoms with E-state index in [9.17, 15) is 4.79 Å². The Morgan fingerprint density at radius 1 is 1.45 bits per heavy atom. The van der Waals surface area contributed by atoms with Crippen LogP contribution in [0.4, 0.5) is 0 Å². The summed E-state index contributed by atoms with van der Waals surface area (Å²) in [4.78, 5) is 10.1. The smallest absolute Gasteiger partial charge is 0.120 e. The second-order valence-electron chi connectivity index (χ2n) is 2.51. The summed E-state index contributed by atoms with van der Waals surface area (Å²) >= 11 is 0. The van der Waals surface area contributed by atoms with Crippen molar-refractivity contribution in [2.24, 2.45) is 0 Å². The molecular weight excluding hydrogens is 136 g/mol. The zero-order valence-electron chi connectivity index (χ0n) is 6.49. The lowest BCUT2D eigenvalue weighted by Gasteiger charge is -1.93. The van der Waals surface area contributed by atoms with E-state index in [1.54, 1.807) is 0 Å². The van der Waals surface area contributed by atoms with Gasteiger partial charge in [-0.1, -0.05) is 30.4 Å². The van der Waals surface area contributed by atoms with Crippen molar-refractivity contribution in [1.29, 1.82) is 0 Å². The van der Waals surface area contributed by atoms with E-state index < -0.39 is 0 Å². The fraction of sp³-hybridized carbons (Fsp3) is 0.300. The third-order valence-electron chi connectivity index (χ3n) is 1.60. The molecule has 0 unspecified atom stereocenters. The molecule has 0 aromatic carbocycles. The van der Waals surface area contributed by atoms with Gasteiger partial charge in [0.1, 0.15) is 6.29 Å². The summed E-state index contributed by atoms with van der Waals surface area (Å²) in [5.74, 6) is 0. The molecule has 0 fully saturated rings. The zero-order chi connectivity index (χ0) is 7.94. The highest BCUT2D eigenvalue weighted by molar-refractivity contribution is 5.50. The van der Waals surface area contributed by atoms with Crippen molar-refractivity contribution < 1.29 is 4.79 Å². The topological polar surface area (TPSA) is 17.1 Å². The third-order valence-corrected chi connectivity index (χ3v) is 1.60. The normalized spacial score (nSPS) is 15.8. The summed E-state index contributed by atoms with van der Waals surface area (Å²) in [5.41, 5.74) is 1.24. The molecule has 0 spiro atoms. The molecule has 0 atom stereocenters. The Balaban J connectivity index is 2.48. The summed E-state index contributed by atoms with van der Waals surface area (Å²) in [7, 11) is 0. The number of hydrogen-bond donors (Lipinski definition) is 0. The Labute approximate surface area is 67.1 Å². The highest BCUT2D eigenvalue weighted by Crippen LogP contribution is 2.09. The molecule has 0 aliphatic heterocycles. The van der Waals surface area contributed by atoms with Gasteiger partial charge >= 0.3 is 0 Å². The van der Waals surface area contributed by atoms with Gasteiger partial charge in [-0.15, -0.1) is 0 Å². The van der Waals surface area contributed by atoms with Crippen molar-refractivity contribution in [1.82, 2.24) is 0 Å². The summed E-state index contributed by atoms with van der Waals surface area (Å²) in [6.07, 6.45) is 13.9. The Morgan fingerprint density at radius 3 is 3.18 bits per heavy atom. The molecule has 1 heteroatoms. The lowest BCUT2D eigenvalue weighted by Crippen LogP contribution is -1.79. The maximum Gasteiger partial charge on any atom is 0.120 e. The maximum atomic E-state index is 10.1. The molecule has 58 valence electrons. The van der Waals surface area contributed by atoms with Gasteiger partial charge in [0.15, 0.2) is 0 Å². The minimum Gasteiger partial charge on any atom is -0.303 e. The lowest BCUT2D eigenvalue weighted by molar-refractivity contribution is -0.107. The van der Waals surface area contributed by atoms with Crippen LogP contribution in [0.25, 0.3) is 0 Å². The van der Waals surface area contributed by atoms with Crippen LogP contribution in [0.3, 0.4) is 0 Å². The molecule has 0 saturated heterocycles. The highest BCUT2D eigenvalue weighted by Gasteiger charge is 1.91. The predicted octanol–water partition coefficient (Wildman–Crippen LogP) is 2.41. The molecule has 0 amide bonds. The van der Waals surface area contributed by atoms with Gasteiger partial charge in [-0.3, -0.25) is 0 Å². The molecule has 1 rings (SSSR count). The average molecular weight is 148 g/mol. The van der Waals surface area contributed by atoms with Crippen LogP contribution < -0.4 is 0 Å². The summed E-state index contributed by atoms with van der Waals surface area (Å²) in [5, 5.41) is 0. The molecule has 0 radical (unpaired) electrons. The van der Waals surface area contributed by atoms with Crippen molar-refractivity contribution in [2.75, 3.05) is 0 Å². The van der Waals surface area contributed by atoms with Gasteiger partial charge in [-0.2, -0.15) is 0 Å². The Kier molecular flexibility index (Phi) is 3.39. The van der Waals surface area contributed by atoms with Crippen molar-refractivity contribution in [2.45, 2.75) is 19.3 Å². The van der Waals surface area contributed by atoms with E-state index in [0.29, 0.717) is 6.42 Å². The molecule has 0 bridgehead atoms. The van der Waals surface area contributed by atoms with Crippen LogP contribution in [0.15, 0.2) is 36.0 Å². The predicted molar refractivity (Wildman–Crippen MR) is 46.3 cm³/mol. The summed E-state index contributed by atoms with van der Waals surface area (Å²) in [6.45, 7) is 0. The second kappa shape index (κ2) is 4.67. The summed E-state index contributed by atoms with van der Waals surface area (Å²) in [6, 6.07) is 0. The average Bonchev–Trinajstić information content (AvgIpc) is 2.28. The van der Waals surface area contributed by atoms with Crippen LogP contribution in [0.1, 0.15) is 19.3 Å². The molecular formula is C10H12O. The van der Waals surface area contributed by atoms with Gasteiger partial charge in [0.2, 0.25) is 0 Å². The number of allylic oxidation sites excluding steroid dienone is 6. The largest absolute Gasteiger partial charge is 0.303 e. The monoisotopic (exact) mass is 148 g/mol. The molecule has 1 aliphatic rings. The van der Waals surface area contributed by atoms with E-state index in [0.717, 1.165) is 19.1 Å². The van der Waals surface area contributed by atoms with Crippen molar-refractivity contribution in [3.8, 4) is 0 Å². The number of hydrogen-bond acceptors (Lipinski definition) is 1. The first-order chi connectivity index (χ1) is 5.43. The number of rotatable bonds is 3. The molecule has 0 aromatic rings. The first kappa shape index (κ1) is 7.99. The fourth-order valence-corrected chi connectivity index (χ4v) is 1.02. The SMILES string of the molecule is O=CCCC1=CC=CCC=C1. The number of carbonyl (C=O) groups excluding carboxylic acids is 1. The van der Waals surface area contributed by atoms with E-state index in [4.69, 9.17) is 0 Å².